The number of carbonyl (C=O) groups is 1. The van der Waals surface area contributed by atoms with Crippen molar-refractivity contribution in [3.8, 4) is 0 Å². The van der Waals surface area contributed by atoms with Gasteiger partial charge in [-0.1, -0.05) is 20.3 Å². The van der Waals surface area contributed by atoms with E-state index in [0.29, 0.717) is 23.7 Å². The fourth-order valence-electron chi connectivity index (χ4n) is 8.24. The zero-order valence-electron chi connectivity index (χ0n) is 15.8. The zero-order chi connectivity index (χ0) is 17.3. The maximum atomic E-state index is 12.6. The van der Waals surface area contributed by atoms with Crippen LogP contribution in [0.1, 0.15) is 72.1 Å². The summed E-state index contributed by atoms with van der Waals surface area (Å²) in [5.41, 5.74) is -0.0349. The predicted octanol–water partition coefficient (Wildman–Crippen LogP) is 4.18. The van der Waals surface area contributed by atoms with Gasteiger partial charge in [0.25, 0.3) is 0 Å². The molecule has 0 aromatic rings. The Morgan fingerprint density at radius 1 is 1.08 bits per heavy atom. The Kier molecular flexibility index (Phi) is 3.67. The van der Waals surface area contributed by atoms with Crippen LogP contribution in [0.5, 0.6) is 0 Å². The molecule has 0 heterocycles. The molecule has 24 heavy (non-hydrogen) atoms. The summed E-state index contributed by atoms with van der Waals surface area (Å²) in [6.45, 7) is 6.86. The highest BCUT2D eigenvalue weighted by Crippen LogP contribution is 2.72. The summed E-state index contributed by atoms with van der Waals surface area (Å²) in [5, 5.41) is 11.2. The number of hydrogen-bond donors (Lipinski definition) is 1. The first kappa shape index (κ1) is 16.9. The maximum Gasteiger partial charge on any atom is 0.311 e. The van der Waals surface area contributed by atoms with E-state index in [9.17, 15) is 9.90 Å². The van der Waals surface area contributed by atoms with Crippen LogP contribution in [0.25, 0.3) is 0 Å². The fraction of sp³-hybridized carbons (Fsp3) is 0.952. The van der Waals surface area contributed by atoms with Crippen LogP contribution in [-0.4, -0.2) is 24.3 Å². The SMILES string of the molecule is COC(=O)[C@]1(C)CCC[C@@]2(C)[C@@H]3CC[C@@H]4C[C@@]3(CC[C@@H]21)[C@H](O)[C@@H]4C. The molecule has 0 aromatic heterocycles. The molecule has 2 bridgehead atoms. The predicted molar refractivity (Wildman–Crippen MR) is 93.2 cm³/mol. The van der Waals surface area contributed by atoms with Gasteiger partial charge in [-0.2, -0.15) is 0 Å². The van der Waals surface area contributed by atoms with Gasteiger partial charge < -0.3 is 9.84 Å². The fourth-order valence-corrected chi connectivity index (χ4v) is 8.24. The van der Waals surface area contributed by atoms with E-state index in [1.54, 1.807) is 0 Å². The van der Waals surface area contributed by atoms with Gasteiger partial charge in [0.1, 0.15) is 0 Å². The lowest BCUT2D eigenvalue weighted by atomic mass is 9.40. The van der Waals surface area contributed by atoms with E-state index in [0.717, 1.165) is 25.7 Å². The summed E-state index contributed by atoms with van der Waals surface area (Å²) < 4.78 is 5.23. The molecule has 4 aliphatic carbocycles. The average Bonchev–Trinajstić information content (AvgIpc) is 2.74. The molecule has 0 saturated heterocycles. The number of methoxy groups -OCH3 is 1. The zero-order valence-corrected chi connectivity index (χ0v) is 15.8. The van der Waals surface area contributed by atoms with Crippen molar-refractivity contribution in [2.45, 2.75) is 78.2 Å². The lowest BCUT2D eigenvalue weighted by molar-refractivity contribution is -0.193. The van der Waals surface area contributed by atoms with Crippen molar-refractivity contribution in [2.24, 2.45) is 39.9 Å². The Morgan fingerprint density at radius 3 is 2.54 bits per heavy atom. The number of carbonyl (C=O) groups excluding carboxylic acids is 1. The highest BCUT2D eigenvalue weighted by atomic mass is 16.5. The molecule has 0 aliphatic heterocycles. The number of ether oxygens (including phenoxy) is 1. The molecule has 3 heteroatoms. The quantitative estimate of drug-likeness (QED) is 0.732. The third-order valence-corrected chi connectivity index (χ3v) is 9.32. The first-order valence-electron chi connectivity index (χ1n) is 10.1. The summed E-state index contributed by atoms with van der Waals surface area (Å²) in [7, 11) is 1.54. The molecule has 1 N–H and O–H groups in total. The summed E-state index contributed by atoms with van der Waals surface area (Å²) in [4.78, 5) is 12.6. The number of aliphatic hydroxyl groups is 1. The van der Waals surface area contributed by atoms with Gasteiger partial charge >= 0.3 is 5.97 Å². The topological polar surface area (TPSA) is 46.5 Å². The number of aliphatic hydroxyl groups excluding tert-OH is 1. The van der Waals surface area contributed by atoms with Crippen LogP contribution in [-0.2, 0) is 9.53 Å². The molecule has 4 aliphatic rings. The van der Waals surface area contributed by atoms with Gasteiger partial charge in [-0.25, -0.2) is 0 Å². The monoisotopic (exact) mass is 334 g/mol. The Balaban J connectivity index is 1.74. The minimum Gasteiger partial charge on any atom is -0.469 e. The van der Waals surface area contributed by atoms with Crippen molar-refractivity contribution in [1.29, 1.82) is 0 Å². The lowest BCUT2D eigenvalue weighted by Gasteiger charge is -2.64. The molecule has 8 atom stereocenters. The van der Waals surface area contributed by atoms with Crippen molar-refractivity contribution in [1.82, 2.24) is 0 Å². The molecule has 1 spiro atoms. The first-order valence-corrected chi connectivity index (χ1v) is 10.1. The third-order valence-electron chi connectivity index (χ3n) is 9.32. The molecular formula is C21H34O3. The minimum absolute atomic E-state index is 0.0107. The molecule has 0 aromatic carbocycles. The largest absolute Gasteiger partial charge is 0.469 e. The Hall–Kier alpha value is -0.570. The second-order valence-corrected chi connectivity index (χ2v) is 9.99. The molecule has 136 valence electrons. The number of rotatable bonds is 1. The molecule has 0 radical (unpaired) electrons. The third kappa shape index (κ3) is 1.86. The molecule has 4 saturated carbocycles. The second kappa shape index (κ2) is 5.22. The van der Waals surface area contributed by atoms with Crippen molar-refractivity contribution in [2.75, 3.05) is 7.11 Å². The molecular weight excluding hydrogens is 300 g/mol. The Bertz CT molecular complexity index is 545. The van der Waals surface area contributed by atoms with Gasteiger partial charge in [-0.05, 0) is 81.0 Å². The highest BCUT2D eigenvalue weighted by Gasteiger charge is 2.68. The van der Waals surface area contributed by atoms with E-state index in [1.165, 1.54) is 32.8 Å². The van der Waals surface area contributed by atoms with Crippen molar-refractivity contribution >= 4 is 5.97 Å². The minimum atomic E-state index is -0.338. The first-order chi connectivity index (χ1) is 11.3. The van der Waals surface area contributed by atoms with Gasteiger partial charge in [0, 0.05) is 5.41 Å². The van der Waals surface area contributed by atoms with Gasteiger partial charge in [0.05, 0.1) is 18.6 Å². The highest BCUT2D eigenvalue weighted by molar-refractivity contribution is 5.77. The van der Waals surface area contributed by atoms with E-state index >= 15 is 0 Å². The van der Waals surface area contributed by atoms with Crippen LogP contribution in [0.3, 0.4) is 0 Å². The van der Waals surface area contributed by atoms with Crippen LogP contribution in [0.2, 0.25) is 0 Å². The summed E-state index contributed by atoms with van der Waals surface area (Å²) in [5.74, 6) is 2.13. The normalized spacial score (nSPS) is 56.3. The van der Waals surface area contributed by atoms with E-state index in [-0.39, 0.29) is 28.3 Å². The van der Waals surface area contributed by atoms with Crippen LogP contribution < -0.4 is 0 Å². The van der Waals surface area contributed by atoms with Gasteiger partial charge in [0.15, 0.2) is 0 Å². The van der Waals surface area contributed by atoms with Gasteiger partial charge in [-0.15, -0.1) is 0 Å². The number of hydrogen-bond acceptors (Lipinski definition) is 3. The van der Waals surface area contributed by atoms with Gasteiger partial charge in [0.2, 0.25) is 0 Å². The van der Waals surface area contributed by atoms with Crippen molar-refractivity contribution in [3.05, 3.63) is 0 Å². The number of fused-ring (bicyclic) bond motifs is 3. The Labute approximate surface area is 146 Å². The lowest BCUT2D eigenvalue weighted by Crippen LogP contribution is -2.60. The smallest absolute Gasteiger partial charge is 0.311 e. The second-order valence-electron chi connectivity index (χ2n) is 9.99. The van der Waals surface area contributed by atoms with E-state index in [1.807, 2.05) is 0 Å². The van der Waals surface area contributed by atoms with Gasteiger partial charge in [-0.3, -0.25) is 4.79 Å². The Morgan fingerprint density at radius 2 is 1.83 bits per heavy atom. The van der Waals surface area contributed by atoms with Crippen molar-refractivity contribution in [3.63, 3.8) is 0 Å². The van der Waals surface area contributed by atoms with E-state index in [4.69, 9.17) is 4.74 Å². The maximum absolute atomic E-state index is 12.6. The van der Waals surface area contributed by atoms with Crippen LogP contribution in [0, 0.1) is 39.9 Å². The molecule has 4 rings (SSSR count). The molecule has 4 fully saturated rings. The van der Waals surface area contributed by atoms with Crippen LogP contribution in [0.4, 0.5) is 0 Å². The average molecular weight is 334 g/mol. The standard InChI is InChI=1S/C21H34O3/c1-13-14-6-7-16-19(2)9-5-10-20(3,18(23)24-4)15(19)8-11-21(16,12-14)17(13)22/h13-17,22H,5-12H2,1-4H3/t13-,14-,15+,16+,17-,19-,20-,21-/m1/s1. The molecule has 0 amide bonds. The van der Waals surface area contributed by atoms with Crippen molar-refractivity contribution < 1.29 is 14.6 Å². The summed E-state index contributed by atoms with van der Waals surface area (Å²) in [6.07, 6.45) is 9.06. The van der Waals surface area contributed by atoms with E-state index < -0.39 is 0 Å². The number of esters is 1. The van der Waals surface area contributed by atoms with Crippen LogP contribution >= 0.6 is 0 Å². The molecule has 3 nitrogen and oxygen atoms in total. The van der Waals surface area contributed by atoms with E-state index in [2.05, 4.69) is 20.8 Å². The molecule has 0 unspecified atom stereocenters. The summed E-state index contributed by atoms with van der Waals surface area (Å²) >= 11 is 0. The van der Waals surface area contributed by atoms with Crippen LogP contribution in [0.15, 0.2) is 0 Å². The summed E-state index contributed by atoms with van der Waals surface area (Å²) in [6, 6.07) is 0.